The Hall–Kier alpha value is -1.73. The maximum atomic E-state index is 11.7. The summed E-state index contributed by atoms with van der Waals surface area (Å²) in [5.41, 5.74) is 1.09. The third kappa shape index (κ3) is 5.28. The number of methoxy groups -OCH3 is 1. The molecule has 2 N–H and O–H groups in total. The summed E-state index contributed by atoms with van der Waals surface area (Å²) in [6, 6.07) is 6.55. The number of aliphatic imine (C=N–C) groups is 1. The number of carbonyl (C=O) groups excluding carboxylic acids is 2. The minimum Gasteiger partial charge on any atom is -0.465 e. The van der Waals surface area contributed by atoms with E-state index in [-0.39, 0.29) is 18.3 Å². The van der Waals surface area contributed by atoms with Crippen LogP contribution < -0.4 is 10.6 Å². The fraction of sp³-hybridized carbons (Fsp3) is 0.308. The second kappa shape index (κ2) is 8.53. The van der Waals surface area contributed by atoms with Crippen LogP contribution >= 0.6 is 24.2 Å². The van der Waals surface area contributed by atoms with E-state index < -0.39 is 5.97 Å². The summed E-state index contributed by atoms with van der Waals surface area (Å²) in [6.45, 7) is 1.60. The molecule has 1 aliphatic rings. The molecule has 1 aliphatic heterocycles. The molecule has 6 nitrogen and oxygen atoms in total. The number of hydrogen-bond acceptors (Lipinski definition) is 6. The first-order valence-corrected chi connectivity index (χ1v) is 7.07. The molecule has 2 rings (SSSR count). The number of nitrogens with zero attached hydrogens (tertiary/aromatic N) is 1. The van der Waals surface area contributed by atoms with E-state index in [4.69, 9.17) is 0 Å². The van der Waals surface area contributed by atoms with E-state index in [0.717, 1.165) is 18.3 Å². The van der Waals surface area contributed by atoms with Crippen molar-refractivity contribution in [1.82, 2.24) is 5.32 Å². The number of halogens is 1. The third-order valence-corrected chi connectivity index (χ3v) is 3.53. The number of thioether (sulfide) groups is 1. The Morgan fingerprint density at radius 3 is 2.67 bits per heavy atom. The Labute approximate surface area is 133 Å². The van der Waals surface area contributed by atoms with Gasteiger partial charge in [0.2, 0.25) is 5.91 Å². The van der Waals surface area contributed by atoms with Gasteiger partial charge in [-0.25, -0.2) is 4.79 Å². The highest BCUT2D eigenvalue weighted by molar-refractivity contribution is 8.14. The van der Waals surface area contributed by atoms with E-state index in [1.807, 2.05) is 0 Å². The first-order chi connectivity index (χ1) is 9.69. The van der Waals surface area contributed by atoms with Crippen molar-refractivity contribution in [2.75, 3.05) is 31.3 Å². The molecule has 0 saturated heterocycles. The standard InChI is InChI=1S/C13H15N3O3S.ClH/c1-19-12(18)9-2-4-10(5-3-9)16-11(17)8-20-13-14-6-7-15-13;/h2-5H,6-8H2,1H3,(H,14,15)(H,16,17);1H. The van der Waals surface area contributed by atoms with Crippen LogP contribution in [0.1, 0.15) is 10.4 Å². The third-order valence-electron chi connectivity index (χ3n) is 2.57. The van der Waals surface area contributed by atoms with Crippen molar-refractivity contribution in [3.63, 3.8) is 0 Å². The molecule has 1 aromatic rings. The molecule has 0 aromatic heterocycles. The highest BCUT2D eigenvalue weighted by Gasteiger charge is 2.10. The van der Waals surface area contributed by atoms with Gasteiger partial charge in [0.05, 0.1) is 25.0 Å². The second-order valence-electron chi connectivity index (χ2n) is 4.02. The van der Waals surface area contributed by atoms with Gasteiger partial charge in [-0.3, -0.25) is 9.79 Å². The van der Waals surface area contributed by atoms with Gasteiger partial charge in [0.1, 0.15) is 0 Å². The van der Waals surface area contributed by atoms with Crippen LogP contribution in [0.3, 0.4) is 0 Å². The van der Waals surface area contributed by atoms with E-state index in [2.05, 4.69) is 20.4 Å². The summed E-state index contributed by atoms with van der Waals surface area (Å²) in [4.78, 5) is 27.2. The zero-order valence-corrected chi connectivity index (χ0v) is 13.1. The quantitative estimate of drug-likeness (QED) is 0.819. The lowest BCUT2D eigenvalue weighted by atomic mass is 10.2. The second-order valence-corrected chi connectivity index (χ2v) is 4.98. The largest absolute Gasteiger partial charge is 0.465 e. The molecule has 8 heteroatoms. The molecule has 0 saturated carbocycles. The molecule has 1 aromatic carbocycles. The molecule has 0 spiro atoms. The predicted molar refractivity (Wildman–Crippen MR) is 86.4 cm³/mol. The summed E-state index contributed by atoms with van der Waals surface area (Å²) in [6.07, 6.45) is 0. The molecule has 0 bridgehead atoms. The summed E-state index contributed by atoms with van der Waals surface area (Å²) in [5, 5.41) is 6.65. The van der Waals surface area contributed by atoms with Crippen molar-refractivity contribution >= 4 is 46.9 Å². The molecule has 0 aliphatic carbocycles. The first kappa shape index (κ1) is 17.3. The Balaban J connectivity index is 0.00000220. The smallest absolute Gasteiger partial charge is 0.337 e. The van der Waals surface area contributed by atoms with Crippen LogP contribution in [0.2, 0.25) is 0 Å². The van der Waals surface area contributed by atoms with Gasteiger partial charge in [-0.15, -0.1) is 12.4 Å². The first-order valence-electron chi connectivity index (χ1n) is 6.08. The minimum absolute atomic E-state index is 0. The number of esters is 1. The number of carbonyl (C=O) groups is 2. The van der Waals surface area contributed by atoms with E-state index in [1.54, 1.807) is 24.3 Å². The molecule has 0 radical (unpaired) electrons. The average molecular weight is 330 g/mol. The number of ether oxygens (including phenoxy) is 1. The summed E-state index contributed by atoms with van der Waals surface area (Å²) in [7, 11) is 1.33. The van der Waals surface area contributed by atoms with Crippen molar-refractivity contribution in [2.24, 2.45) is 4.99 Å². The van der Waals surface area contributed by atoms with Crippen molar-refractivity contribution in [3.8, 4) is 0 Å². The summed E-state index contributed by atoms with van der Waals surface area (Å²) in [5.74, 6) is -0.217. The minimum atomic E-state index is -0.399. The van der Waals surface area contributed by atoms with E-state index in [1.165, 1.54) is 18.9 Å². The van der Waals surface area contributed by atoms with Crippen molar-refractivity contribution < 1.29 is 14.3 Å². The van der Waals surface area contributed by atoms with Crippen LogP contribution in [0.5, 0.6) is 0 Å². The van der Waals surface area contributed by atoms with E-state index in [9.17, 15) is 9.59 Å². The molecule has 0 fully saturated rings. The van der Waals surface area contributed by atoms with Crippen LogP contribution in [0.4, 0.5) is 5.69 Å². The van der Waals surface area contributed by atoms with E-state index >= 15 is 0 Å². The van der Waals surface area contributed by atoms with Crippen molar-refractivity contribution in [1.29, 1.82) is 0 Å². The van der Waals surface area contributed by atoms with Gasteiger partial charge >= 0.3 is 5.97 Å². The highest BCUT2D eigenvalue weighted by atomic mass is 35.5. The van der Waals surface area contributed by atoms with Crippen LogP contribution in [-0.4, -0.2) is 43.0 Å². The Morgan fingerprint density at radius 1 is 1.38 bits per heavy atom. The SMILES string of the molecule is COC(=O)c1ccc(NC(=O)CSC2=NCCN2)cc1.Cl. The summed E-state index contributed by atoms with van der Waals surface area (Å²) >= 11 is 1.38. The normalized spacial score (nSPS) is 12.7. The number of amides is 1. The van der Waals surface area contributed by atoms with Crippen LogP contribution in [-0.2, 0) is 9.53 Å². The van der Waals surface area contributed by atoms with Crippen molar-refractivity contribution in [2.45, 2.75) is 0 Å². The highest BCUT2D eigenvalue weighted by Crippen LogP contribution is 2.12. The van der Waals surface area contributed by atoms with E-state index in [0.29, 0.717) is 17.0 Å². The molecule has 114 valence electrons. The number of nitrogens with one attached hydrogen (secondary N) is 2. The van der Waals surface area contributed by atoms with Crippen molar-refractivity contribution in [3.05, 3.63) is 29.8 Å². The van der Waals surface area contributed by atoms with Gasteiger partial charge in [0.15, 0.2) is 5.17 Å². The molecule has 1 amide bonds. The lowest BCUT2D eigenvalue weighted by Gasteiger charge is -2.06. The van der Waals surface area contributed by atoms with Gasteiger partial charge in [-0.2, -0.15) is 0 Å². The Bertz CT molecular complexity index is 534. The van der Waals surface area contributed by atoms with Gasteiger partial charge in [-0.1, -0.05) is 11.8 Å². The topological polar surface area (TPSA) is 79.8 Å². The average Bonchev–Trinajstić information content (AvgIpc) is 2.98. The van der Waals surface area contributed by atoms with Gasteiger partial charge in [-0.05, 0) is 24.3 Å². The number of amidine groups is 1. The molecular formula is C13H16ClN3O3S. The molecule has 0 atom stereocenters. The Morgan fingerprint density at radius 2 is 2.10 bits per heavy atom. The van der Waals surface area contributed by atoms with Gasteiger partial charge in [0.25, 0.3) is 0 Å². The van der Waals surface area contributed by atoms with Gasteiger partial charge < -0.3 is 15.4 Å². The van der Waals surface area contributed by atoms with Gasteiger partial charge in [0, 0.05) is 12.2 Å². The number of rotatable bonds is 4. The van der Waals surface area contributed by atoms with Crippen LogP contribution in [0.15, 0.2) is 29.3 Å². The lowest BCUT2D eigenvalue weighted by Crippen LogP contribution is -2.20. The summed E-state index contributed by atoms with van der Waals surface area (Å²) < 4.78 is 4.60. The fourth-order valence-electron chi connectivity index (χ4n) is 1.61. The zero-order valence-electron chi connectivity index (χ0n) is 11.4. The maximum Gasteiger partial charge on any atom is 0.337 e. The number of benzene rings is 1. The fourth-order valence-corrected chi connectivity index (χ4v) is 2.34. The lowest BCUT2D eigenvalue weighted by molar-refractivity contribution is -0.113. The molecule has 21 heavy (non-hydrogen) atoms. The van der Waals surface area contributed by atoms with Crippen LogP contribution in [0, 0.1) is 0 Å². The maximum absolute atomic E-state index is 11.7. The number of hydrogen-bond donors (Lipinski definition) is 2. The van der Waals surface area contributed by atoms with Crippen LogP contribution in [0.25, 0.3) is 0 Å². The number of anilines is 1. The molecule has 1 heterocycles. The monoisotopic (exact) mass is 329 g/mol. The zero-order chi connectivity index (χ0) is 14.4. The molecular weight excluding hydrogens is 314 g/mol. The molecule has 0 unspecified atom stereocenters. The predicted octanol–water partition coefficient (Wildman–Crippen LogP) is 1.53. The Kier molecular flexibility index (Phi) is 7.04.